The Kier molecular flexibility index (Phi) is 8.16. The monoisotopic (exact) mass is 490 g/mol. The number of esters is 1. The summed E-state index contributed by atoms with van der Waals surface area (Å²) in [6.45, 7) is 5.68. The SMILES string of the molecule is CCOC(=O)c1c(-c2ccccc2)nc(=O)n(Cc2ccc(C(O)=CC(=O)C(=O)O)cc2)c1C(C)C. The topological polar surface area (TPSA) is 136 Å². The predicted molar refractivity (Wildman–Crippen MR) is 133 cm³/mol. The van der Waals surface area contributed by atoms with Crippen LogP contribution in [-0.4, -0.2) is 44.1 Å². The van der Waals surface area contributed by atoms with Gasteiger partial charge in [0.25, 0.3) is 5.78 Å². The van der Waals surface area contributed by atoms with Gasteiger partial charge in [-0.05, 0) is 18.4 Å². The van der Waals surface area contributed by atoms with E-state index in [-0.39, 0.29) is 35.9 Å². The van der Waals surface area contributed by atoms with Gasteiger partial charge in [-0.15, -0.1) is 0 Å². The van der Waals surface area contributed by atoms with Crippen LogP contribution in [0.25, 0.3) is 17.0 Å². The van der Waals surface area contributed by atoms with Crippen molar-refractivity contribution >= 4 is 23.5 Å². The normalized spacial score (nSPS) is 11.4. The van der Waals surface area contributed by atoms with Crippen molar-refractivity contribution in [1.29, 1.82) is 0 Å². The van der Waals surface area contributed by atoms with Crippen molar-refractivity contribution in [2.24, 2.45) is 0 Å². The third-order valence-corrected chi connectivity index (χ3v) is 5.36. The molecule has 0 fully saturated rings. The lowest BCUT2D eigenvalue weighted by Gasteiger charge is -2.21. The lowest BCUT2D eigenvalue weighted by atomic mass is 9.97. The number of hydrogen-bond donors (Lipinski definition) is 2. The molecule has 1 heterocycles. The Balaban J connectivity index is 2.10. The Labute approximate surface area is 207 Å². The number of hydrogen-bond acceptors (Lipinski definition) is 7. The number of aromatic nitrogens is 2. The van der Waals surface area contributed by atoms with E-state index in [1.807, 2.05) is 19.9 Å². The number of carboxylic acids is 1. The smallest absolute Gasteiger partial charge is 0.376 e. The van der Waals surface area contributed by atoms with Gasteiger partial charge in [-0.2, -0.15) is 4.98 Å². The Morgan fingerprint density at radius 3 is 2.22 bits per heavy atom. The lowest BCUT2D eigenvalue weighted by Crippen LogP contribution is -2.31. The first-order chi connectivity index (χ1) is 17.1. The van der Waals surface area contributed by atoms with Crippen LogP contribution in [0.3, 0.4) is 0 Å². The number of aliphatic hydroxyl groups excluding tert-OH is 1. The summed E-state index contributed by atoms with van der Waals surface area (Å²) in [5, 5.41) is 18.7. The highest BCUT2D eigenvalue weighted by Gasteiger charge is 2.26. The molecule has 0 atom stereocenters. The molecule has 1 aromatic heterocycles. The van der Waals surface area contributed by atoms with Gasteiger partial charge in [-0.3, -0.25) is 9.36 Å². The molecule has 0 radical (unpaired) electrons. The van der Waals surface area contributed by atoms with Gasteiger partial charge in [0.05, 0.1) is 18.8 Å². The van der Waals surface area contributed by atoms with E-state index < -0.39 is 29.2 Å². The van der Waals surface area contributed by atoms with Crippen LogP contribution in [0.2, 0.25) is 0 Å². The van der Waals surface area contributed by atoms with Crippen molar-refractivity contribution in [3.8, 4) is 11.3 Å². The second-order valence-corrected chi connectivity index (χ2v) is 8.23. The molecule has 2 aromatic carbocycles. The first-order valence-electron chi connectivity index (χ1n) is 11.3. The highest BCUT2D eigenvalue weighted by atomic mass is 16.5. The van der Waals surface area contributed by atoms with E-state index in [2.05, 4.69) is 4.98 Å². The summed E-state index contributed by atoms with van der Waals surface area (Å²) in [4.78, 5) is 52.5. The number of ether oxygens (including phenoxy) is 1. The summed E-state index contributed by atoms with van der Waals surface area (Å²) in [5.74, 6) is -4.22. The van der Waals surface area contributed by atoms with Crippen molar-refractivity contribution in [3.05, 3.63) is 93.5 Å². The predicted octanol–water partition coefficient (Wildman–Crippen LogP) is 3.81. The molecule has 36 heavy (non-hydrogen) atoms. The van der Waals surface area contributed by atoms with Gasteiger partial charge in [0.15, 0.2) is 0 Å². The second-order valence-electron chi connectivity index (χ2n) is 8.23. The van der Waals surface area contributed by atoms with E-state index >= 15 is 0 Å². The minimum Gasteiger partial charge on any atom is -0.507 e. The average Bonchev–Trinajstić information content (AvgIpc) is 2.85. The zero-order chi connectivity index (χ0) is 26.4. The summed E-state index contributed by atoms with van der Waals surface area (Å²) in [6.07, 6.45) is 0.622. The summed E-state index contributed by atoms with van der Waals surface area (Å²) >= 11 is 0. The van der Waals surface area contributed by atoms with Crippen LogP contribution in [-0.2, 0) is 20.9 Å². The second kappa shape index (κ2) is 11.3. The summed E-state index contributed by atoms with van der Waals surface area (Å²) in [5.41, 5.74) is 1.93. The highest BCUT2D eigenvalue weighted by Crippen LogP contribution is 2.28. The van der Waals surface area contributed by atoms with Crippen LogP contribution in [0.15, 0.2) is 65.5 Å². The van der Waals surface area contributed by atoms with Crippen molar-refractivity contribution in [3.63, 3.8) is 0 Å². The van der Waals surface area contributed by atoms with E-state index in [1.165, 1.54) is 16.7 Å². The van der Waals surface area contributed by atoms with E-state index in [4.69, 9.17) is 9.84 Å². The molecular weight excluding hydrogens is 464 g/mol. The molecule has 0 aliphatic carbocycles. The van der Waals surface area contributed by atoms with Gasteiger partial charge in [0.1, 0.15) is 11.3 Å². The molecule has 9 heteroatoms. The fraction of sp³-hybridized carbons (Fsp3) is 0.222. The van der Waals surface area contributed by atoms with Crippen LogP contribution in [0.4, 0.5) is 0 Å². The third-order valence-electron chi connectivity index (χ3n) is 5.36. The third kappa shape index (κ3) is 5.75. The van der Waals surface area contributed by atoms with E-state index in [1.54, 1.807) is 43.3 Å². The van der Waals surface area contributed by atoms with Crippen molar-refractivity contribution < 1.29 is 29.3 Å². The Morgan fingerprint density at radius 1 is 1.03 bits per heavy atom. The standard InChI is InChI=1S/C27H26N2O7/c1-4-36-26(34)22-23(19-8-6-5-7-9-19)28-27(35)29(24(22)16(2)3)15-17-10-12-18(13-11-17)20(30)14-21(31)25(32)33/h5-14,16,30H,4,15H2,1-3H3,(H,32,33). The molecule has 0 amide bonds. The molecule has 0 saturated carbocycles. The molecule has 0 bridgehead atoms. The van der Waals surface area contributed by atoms with Gasteiger partial charge in [-0.25, -0.2) is 14.4 Å². The quantitative estimate of drug-likeness (QED) is 0.200. The van der Waals surface area contributed by atoms with Crippen molar-refractivity contribution in [1.82, 2.24) is 9.55 Å². The molecule has 186 valence electrons. The Morgan fingerprint density at radius 2 is 1.67 bits per heavy atom. The maximum Gasteiger partial charge on any atom is 0.376 e. The minimum absolute atomic E-state index is 0.0830. The number of nitrogens with zero attached hydrogens (tertiary/aromatic N) is 2. The van der Waals surface area contributed by atoms with E-state index in [0.29, 0.717) is 22.9 Å². The number of aliphatic hydroxyl groups is 1. The van der Waals surface area contributed by atoms with Gasteiger partial charge in [-0.1, -0.05) is 68.4 Å². The maximum atomic E-state index is 13.2. The van der Waals surface area contributed by atoms with E-state index in [9.17, 15) is 24.3 Å². The molecule has 0 spiro atoms. The number of carbonyl (C=O) groups excluding carboxylic acids is 2. The summed E-state index contributed by atoms with van der Waals surface area (Å²) in [6, 6.07) is 15.2. The molecule has 0 unspecified atom stereocenters. The maximum absolute atomic E-state index is 13.2. The molecular formula is C27H26N2O7. The molecule has 0 aliphatic rings. The average molecular weight is 491 g/mol. The zero-order valence-corrected chi connectivity index (χ0v) is 20.1. The number of carbonyl (C=O) groups is 3. The summed E-state index contributed by atoms with van der Waals surface area (Å²) < 4.78 is 6.74. The Hall–Kier alpha value is -4.53. The fourth-order valence-electron chi connectivity index (χ4n) is 3.77. The largest absolute Gasteiger partial charge is 0.507 e. The molecule has 3 aromatic rings. The van der Waals surface area contributed by atoms with Gasteiger partial charge >= 0.3 is 17.6 Å². The molecule has 0 aliphatic heterocycles. The lowest BCUT2D eigenvalue weighted by molar-refractivity contribution is -0.146. The number of rotatable bonds is 9. The zero-order valence-electron chi connectivity index (χ0n) is 20.1. The molecule has 9 nitrogen and oxygen atoms in total. The fourth-order valence-corrected chi connectivity index (χ4v) is 3.77. The first kappa shape index (κ1) is 26.1. The Bertz CT molecular complexity index is 1370. The number of ketones is 1. The van der Waals surface area contributed by atoms with Crippen LogP contribution in [0, 0.1) is 0 Å². The van der Waals surface area contributed by atoms with Crippen molar-refractivity contribution in [2.75, 3.05) is 6.61 Å². The van der Waals surface area contributed by atoms with Crippen LogP contribution in [0.1, 0.15) is 53.9 Å². The van der Waals surface area contributed by atoms with Crippen LogP contribution < -0.4 is 5.69 Å². The van der Waals surface area contributed by atoms with Crippen LogP contribution in [0.5, 0.6) is 0 Å². The molecule has 3 rings (SSSR count). The van der Waals surface area contributed by atoms with Gasteiger partial charge in [0.2, 0.25) is 0 Å². The van der Waals surface area contributed by atoms with Gasteiger partial charge in [0, 0.05) is 22.9 Å². The highest BCUT2D eigenvalue weighted by molar-refractivity contribution is 6.38. The first-order valence-corrected chi connectivity index (χ1v) is 11.3. The number of benzene rings is 2. The number of aliphatic carboxylic acids is 1. The van der Waals surface area contributed by atoms with Crippen molar-refractivity contribution in [2.45, 2.75) is 33.2 Å². The summed E-state index contributed by atoms with van der Waals surface area (Å²) in [7, 11) is 0. The molecule has 2 N–H and O–H groups in total. The van der Waals surface area contributed by atoms with Crippen LogP contribution >= 0.6 is 0 Å². The number of carboxylic acid groups (broad SMARTS) is 1. The van der Waals surface area contributed by atoms with Gasteiger partial charge < -0.3 is 14.9 Å². The molecule has 0 saturated heterocycles. The van der Waals surface area contributed by atoms with E-state index in [0.717, 1.165) is 0 Å². The minimum atomic E-state index is -1.68.